The van der Waals surface area contributed by atoms with Gasteiger partial charge in [-0.25, -0.2) is 9.07 Å². The highest BCUT2D eigenvalue weighted by Crippen LogP contribution is 2.24. The Morgan fingerprint density at radius 3 is 2.61 bits per heavy atom. The zero-order valence-electron chi connectivity index (χ0n) is 9.88. The van der Waals surface area contributed by atoms with Gasteiger partial charge in [-0.15, -0.1) is 5.10 Å². The molecule has 0 spiro atoms. The molecule has 5 nitrogen and oxygen atoms in total. The number of benzene rings is 1. The number of aromatic nitrogens is 4. The lowest BCUT2D eigenvalue weighted by molar-refractivity contribution is 0.340. The molecule has 0 atom stereocenters. The van der Waals surface area contributed by atoms with Crippen LogP contribution in [0.3, 0.4) is 0 Å². The third kappa shape index (κ3) is 2.11. The number of hydrogen-bond acceptors (Lipinski definition) is 4. The predicted molar refractivity (Wildman–Crippen MR) is 64.4 cm³/mol. The van der Waals surface area contributed by atoms with Gasteiger partial charge in [0.15, 0.2) is 5.82 Å². The maximum absolute atomic E-state index is 12.9. The van der Waals surface area contributed by atoms with Crippen molar-refractivity contribution >= 4 is 0 Å². The maximum Gasteiger partial charge on any atom is 0.182 e. The summed E-state index contributed by atoms with van der Waals surface area (Å²) in [7, 11) is 0. The van der Waals surface area contributed by atoms with Crippen LogP contribution < -0.4 is 5.32 Å². The molecule has 0 unspecified atom stereocenters. The molecule has 0 radical (unpaired) electrons. The second kappa shape index (κ2) is 4.81. The lowest BCUT2D eigenvalue weighted by Gasteiger charge is -2.23. The summed E-state index contributed by atoms with van der Waals surface area (Å²) >= 11 is 0. The van der Waals surface area contributed by atoms with Crippen molar-refractivity contribution in [2.24, 2.45) is 0 Å². The zero-order chi connectivity index (χ0) is 12.4. The van der Waals surface area contributed by atoms with Crippen molar-refractivity contribution in [3.8, 4) is 11.4 Å². The zero-order valence-corrected chi connectivity index (χ0v) is 9.88. The second-order valence-corrected chi connectivity index (χ2v) is 4.44. The van der Waals surface area contributed by atoms with Crippen LogP contribution in [0.5, 0.6) is 0 Å². The Hall–Kier alpha value is -1.82. The minimum absolute atomic E-state index is 0.250. The quantitative estimate of drug-likeness (QED) is 0.871. The number of nitrogens with one attached hydrogen (secondary N) is 1. The van der Waals surface area contributed by atoms with E-state index in [4.69, 9.17) is 0 Å². The van der Waals surface area contributed by atoms with Crippen LogP contribution in [0.25, 0.3) is 11.4 Å². The molecule has 18 heavy (non-hydrogen) atoms. The molecule has 6 heteroatoms. The predicted octanol–water partition coefficient (Wildman–Crippen LogP) is 1.40. The molecule has 1 aliphatic heterocycles. The van der Waals surface area contributed by atoms with Crippen molar-refractivity contribution in [1.29, 1.82) is 0 Å². The number of piperidine rings is 1. The van der Waals surface area contributed by atoms with E-state index in [1.54, 1.807) is 12.1 Å². The maximum atomic E-state index is 12.9. The molecule has 1 aromatic heterocycles. The van der Waals surface area contributed by atoms with E-state index in [0.29, 0.717) is 11.9 Å². The molecular formula is C12H14FN5. The highest BCUT2D eigenvalue weighted by atomic mass is 19.1. The van der Waals surface area contributed by atoms with E-state index in [1.807, 2.05) is 4.68 Å². The summed E-state index contributed by atoms with van der Waals surface area (Å²) in [5.74, 6) is 0.460. The summed E-state index contributed by atoms with van der Waals surface area (Å²) in [6.07, 6.45) is 2.03. The van der Waals surface area contributed by atoms with Crippen molar-refractivity contribution in [2.75, 3.05) is 13.1 Å². The molecule has 94 valence electrons. The summed E-state index contributed by atoms with van der Waals surface area (Å²) in [5, 5.41) is 15.2. The van der Waals surface area contributed by atoms with Gasteiger partial charge in [-0.3, -0.25) is 0 Å². The van der Waals surface area contributed by atoms with Crippen molar-refractivity contribution in [1.82, 2.24) is 25.5 Å². The molecular weight excluding hydrogens is 233 g/mol. The molecule has 0 saturated carbocycles. The molecule has 0 aliphatic carbocycles. The summed E-state index contributed by atoms with van der Waals surface area (Å²) < 4.78 is 14.8. The highest BCUT2D eigenvalue weighted by Gasteiger charge is 2.20. The van der Waals surface area contributed by atoms with E-state index in [2.05, 4.69) is 20.8 Å². The molecule has 1 aliphatic rings. The number of hydrogen-bond donors (Lipinski definition) is 1. The standard InChI is InChI=1S/C12H14FN5/c13-10-3-1-9(2-4-10)12-15-16-17-18(12)11-5-7-14-8-6-11/h1-4,11,14H,5-8H2. The number of nitrogens with zero attached hydrogens (tertiary/aromatic N) is 4. The molecule has 1 aromatic carbocycles. The van der Waals surface area contributed by atoms with E-state index in [9.17, 15) is 4.39 Å². The highest BCUT2D eigenvalue weighted by molar-refractivity contribution is 5.54. The van der Waals surface area contributed by atoms with Crippen molar-refractivity contribution in [2.45, 2.75) is 18.9 Å². The van der Waals surface area contributed by atoms with Crippen LogP contribution in [0.4, 0.5) is 4.39 Å². The molecule has 0 amide bonds. The normalized spacial score (nSPS) is 16.9. The van der Waals surface area contributed by atoms with Crippen LogP contribution in [0, 0.1) is 5.82 Å². The van der Waals surface area contributed by atoms with Gasteiger partial charge in [-0.2, -0.15) is 0 Å². The van der Waals surface area contributed by atoms with Crippen molar-refractivity contribution < 1.29 is 4.39 Å². The number of halogens is 1. The van der Waals surface area contributed by atoms with Gasteiger partial charge in [0.1, 0.15) is 5.82 Å². The fourth-order valence-corrected chi connectivity index (χ4v) is 2.28. The first-order valence-electron chi connectivity index (χ1n) is 6.09. The SMILES string of the molecule is Fc1ccc(-c2nnnn2C2CCNCC2)cc1. The van der Waals surface area contributed by atoms with Gasteiger partial charge in [0.2, 0.25) is 0 Å². The van der Waals surface area contributed by atoms with Crippen LogP contribution in [0.1, 0.15) is 18.9 Å². The van der Waals surface area contributed by atoms with E-state index < -0.39 is 0 Å². The smallest absolute Gasteiger partial charge is 0.182 e. The minimum Gasteiger partial charge on any atom is -0.317 e. The summed E-state index contributed by atoms with van der Waals surface area (Å²) in [5.41, 5.74) is 0.847. The third-order valence-electron chi connectivity index (χ3n) is 3.25. The van der Waals surface area contributed by atoms with Gasteiger partial charge in [-0.1, -0.05) is 0 Å². The van der Waals surface area contributed by atoms with E-state index in [0.717, 1.165) is 31.5 Å². The van der Waals surface area contributed by atoms with Crippen LogP contribution in [0.2, 0.25) is 0 Å². The summed E-state index contributed by atoms with van der Waals surface area (Å²) in [6.45, 7) is 1.96. The van der Waals surface area contributed by atoms with Crippen LogP contribution in [-0.4, -0.2) is 33.3 Å². The average Bonchev–Trinajstić information content (AvgIpc) is 2.90. The Labute approximate surface area is 104 Å². The first-order valence-corrected chi connectivity index (χ1v) is 6.09. The van der Waals surface area contributed by atoms with Gasteiger partial charge in [0.05, 0.1) is 6.04 Å². The van der Waals surface area contributed by atoms with Gasteiger partial charge in [-0.05, 0) is 60.6 Å². The number of tetrazole rings is 1. The topological polar surface area (TPSA) is 55.6 Å². The fraction of sp³-hybridized carbons (Fsp3) is 0.417. The lowest BCUT2D eigenvalue weighted by Crippen LogP contribution is -2.30. The first-order chi connectivity index (χ1) is 8.84. The molecule has 0 bridgehead atoms. The van der Waals surface area contributed by atoms with Crippen LogP contribution >= 0.6 is 0 Å². The Bertz CT molecular complexity index is 516. The number of rotatable bonds is 2. The van der Waals surface area contributed by atoms with Gasteiger partial charge < -0.3 is 5.32 Å². The first kappa shape index (κ1) is 11.3. The molecule has 3 rings (SSSR count). The summed E-state index contributed by atoms with van der Waals surface area (Å²) in [6, 6.07) is 6.59. The Kier molecular flexibility index (Phi) is 3.02. The molecule has 2 heterocycles. The van der Waals surface area contributed by atoms with Crippen molar-refractivity contribution in [3.63, 3.8) is 0 Å². The minimum atomic E-state index is -0.250. The van der Waals surface area contributed by atoms with E-state index >= 15 is 0 Å². The largest absolute Gasteiger partial charge is 0.317 e. The van der Waals surface area contributed by atoms with Gasteiger partial charge in [0.25, 0.3) is 0 Å². The second-order valence-electron chi connectivity index (χ2n) is 4.44. The Balaban J connectivity index is 1.93. The third-order valence-corrected chi connectivity index (χ3v) is 3.25. The lowest BCUT2D eigenvalue weighted by atomic mass is 10.1. The van der Waals surface area contributed by atoms with E-state index in [1.165, 1.54) is 12.1 Å². The van der Waals surface area contributed by atoms with Gasteiger partial charge in [0, 0.05) is 5.56 Å². The summed E-state index contributed by atoms with van der Waals surface area (Å²) in [4.78, 5) is 0. The Morgan fingerprint density at radius 2 is 1.89 bits per heavy atom. The fourth-order valence-electron chi connectivity index (χ4n) is 2.28. The molecule has 1 N–H and O–H groups in total. The average molecular weight is 247 g/mol. The van der Waals surface area contributed by atoms with Gasteiger partial charge >= 0.3 is 0 Å². The van der Waals surface area contributed by atoms with Crippen LogP contribution in [-0.2, 0) is 0 Å². The van der Waals surface area contributed by atoms with Crippen molar-refractivity contribution in [3.05, 3.63) is 30.1 Å². The molecule has 1 fully saturated rings. The Morgan fingerprint density at radius 1 is 1.17 bits per heavy atom. The molecule has 2 aromatic rings. The van der Waals surface area contributed by atoms with E-state index in [-0.39, 0.29) is 5.82 Å². The monoisotopic (exact) mass is 247 g/mol. The molecule has 1 saturated heterocycles. The van der Waals surface area contributed by atoms with Crippen LogP contribution in [0.15, 0.2) is 24.3 Å².